The van der Waals surface area contributed by atoms with Gasteiger partial charge in [0.25, 0.3) is 0 Å². The van der Waals surface area contributed by atoms with Crippen LogP contribution in [0.4, 0.5) is 5.82 Å². The van der Waals surface area contributed by atoms with Gasteiger partial charge in [-0.3, -0.25) is 0 Å². The Kier molecular flexibility index (Phi) is 2.53. The van der Waals surface area contributed by atoms with Gasteiger partial charge in [-0.1, -0.05) is 23.4 Å². The quantitative estimate of drug-likeness (QED) is 0.807. The van der Waals surface area contributed by atoms with Crippen molar-refractivity contribution in [2.75, 3.05) is 12.8 Å². The van der Waals surface area contributed by atoms with Crippen molar-refractivity contribution in [1.82, 2.24) is 15.0 Å². The van der Waals surface area contributed by atoms with E-state index in [-0.39, 0.29) is 0 Å². The third kappa shape index (κ3) is 2.07. The number of hydrogen-bond acceptors (Lipinski definition) is 4. The number of methoxy groups -OCH3 is 1. The lowest BCUT2D eigenvalue weighted by molar-refractivity contribution is 0.407. The van der Waals surface area contributed by atoms with E-state index in [9.17, 15) is 0 Å². The van der Waals surface area contributed by atoms with Crippen molar-refractivity contribution >= 4 is 5.82 Å². The normalized spacial score (nSPS) is 10.2. The highest BCUT2D eigenvalue weighted by molar-refractivity contribution is 5.33. The third-order valence-corrected chi connectivity index (χ3v) is 2.08. The average molecular weight is 204 g/mol. The van der Waals surface area contributed by atoms with Gasteiger partial charge in [-0.2, -0.15) is 0 Å². The lowest BCUT2D eigenvalue weighted by Gasteiger charge is -2.06. The fourth-order valence-corrected chi connectivity index (χ4v) is 1.40. The van der Waals surface area contributed by atoms with E-state index in [1.807, 2.05) is 24.3 Å². The zero-order valence-corrected chi connectivity index (χ0v) is 8.42. The van der Waals surface area contributed by atoms with Gasteiger partial charge in [-0.05, 0) is 6.07 Å². The fourth-order valence-electron chi connectivity index (χ4n) is 1.40. The summed E-state index contributed by atoms with van der Waals surface area (Å²) in [5, 5.41) is 7.59. The summed E-state index contributed by atoms with van der Waals surface area (Å²) in [7, 11) is 1.65. The second-order valence-electron chi connectivity index (χ2n) is 3.15. The summed E-state index contributed by atoms with van der Waals surface area (Å²) in [5.74, 6) is 1.26. The molecule has 0 spiro atoms. The molecule has 2 N–H and O–H groups in total. The number of aromatic nitrogens is 3. The van der Waals surface area contributed by atoms with Crippen molar-refractivity contribution in [2.24, 2.45) is 0 Å². The summed E-state index contributed by atoms with van der Waals surface area (Å²) in [6.07, 6.45) is 1.69. The summed E-state index contributed by atoms with van der Waals surface area (Å²) >= 11 is 0. The van der Waals surface area contributed by atoms with Crippen molar-refractivity contribution < 1.29 is 4.74 Å². The molecule has 0 amide bonds. The number of nitrogen functional groups attached to an aromatic ring is 1. The van der Waals surface area contributed by atoms with E-state index in [2.05, 4.69) is 10.3 Å². The molecule has 0 aliphatic heterocycles. The predicted octanol–water partition coefficient (Wildman–Crippen LogP) is 0.917. The van der Waals surface area contributed by atoms with Gasteiger partial charge in [-0.25, -0.2) is 4.68 Å². The molecule has 2 rings (SSSR count). The molecule has 0 saturated carbocycles. The number of hydrogen-bond donors (Lipinski definition) is 1. The van der Waals surface area contributed by atoms with E-state index >= 15 is 0 Å². The minimum absolute atomic E-state index is 0.421. The van der Waals surface area contributed by atoms with E-state index in [1.165, 1.54) is 0 Å². The van der Waals surface area contributed by atoms with Crippen LogP contribution in [0.15, 0.2) is 30.5 Å². The number of para-hydroxylation sites is 1. The highest BCUT2D eigenvalue weighted by Gasteiger charge is 2.03. The third-order valence-electron chi connectivity index (χ3n) is 2.08. The van der Waals surface area contributed by atoms with Crippen molar-refractivity contribution in [2.45, 2.75) is 6.54 Å². The fraction of sp³-hybridized carbons (Fsp3) is 0.200. The highest BCUT2D eigenvalue weighted by Crippen LogP contribution is 2.17. The maximum absolute atomic E-state index is 5.48. The molecule has 0 aliphatic carbocycles. The van der Waals surface area contributed by atoms with Crippen LogP contribution in [0.3, 0.4) is 0 Å². The van der Waals surface area contributed by atoms with Gasteiger partial charge in [0.05, 0.1) is 19.9 Å². The molecule has 0 atom stereocenters. The monoisotopic (exact) mass is 204 g/mol. The zero-order valence-electron chi connectivity index (χ0n) is 8.42. The molecule has 0 unspecified atom stereocenters. The number of benzene rings is 1. The largest absolute Gasteiger partial charge is 0.496 e. The lowest BCUT2D eigenvalue weighted by Crippen LogP contribution is -2.02. The zero-order chi connectivity index (χ0) is 10.7. The maximum Gasteiger partial charge on any atom is 0.165 e. The van der Waals surface area contributed by atoms with Gasteiger partial charge in [0.2, 0.25) is 0 Å². The van der Waals surface area contributed by atoms with Gasteiger partial charge in [0.15, 0.2) is 5.82 Å². The van der Waals surface area contributed by atoms with Crippen LogP contribution in [-0.4, -0.2) is 22.1 Å². The molecular weight excluding hydrogens is 192 g/mol. The minimum atomic E-state index is 0.421. The first-order valence-corrected chi connectivity index (χ1v) is 4.57. The van der Waals surface area contributed by atoms with Crippen molar-refractivity contribution in [3.05, 3.63) is 36.0 Å². The van der Waals surface area contributed by atoms with Crippen molar-refractivity contribution in [3.8, 4) is 5.75 Å². The van der Waals surface area contributed by atoms with Crippen LogP contribution in [0.5, 0.6) is 5.75 Å². The molecule has 5 nitrogen and oxygen atoms in total. The molecule has 0 bridgehead atoms. The van der Waals surface area contributed by atoms with E-state index < -0.39 is 0 Å². The Labute approximate surface area is 87.5 Å². The van der Waals surface area contributed by atoms with Crippen LogP contribution >= 0.6 is 0 Å². The summed E-state index contributed by atoms with van der Waals surface area (Å²) in [6, 6.07) is 7.78. The van der Waals surface area contributed by atoms with Gasteiger partial charge in [0.1, 0.15) is 5.75 Å². The SMILES string of the molecule is COc1ccccc1Cn1cc(N)nn1. The Morgan fingerprint density at radius 3 is 2.87 bits per heavy atom. The van der Waals surface area contributed by atoms with Crippen LogP contribution in [-0.2, 0) is 6.54 Å². The Morgan fingerprint density at radius 2 is 2.20 bits per heavy atom. The molecule has 5 heteroatoms. The minimum Gasteiger partial charge on any atom is -0.496 e. The second kappa shape index (κ2) is 4.00. The number of rotatable bonds is 3. The topological polar surface area (TPSA) is 66.0 Å². The highest BCUT2D eigenvalue weighted by atomic mass is 16.5. The van der Waals surface area contributed by atoms with Crippen LogP contribution in [0.1, 0.15) is 5.56 Å². The summed E-state index contributed by atoms with van der Waals surface area (Å²) < 4.78 is 6.91. The van der Waals surface area contributed by atoms with Gasteiger partial charge in [0, 0.05) is 5.56 Å². The molecule has 78 valence electrons. The summed E-state index contributed by atoms with van der Waals surface area (Å²) in [4.78, 5) is 0. The van der Waals surface area contributed by atoms with E-state index in [0.717, 1.165) is 11.3 Å². The first-order valence-electron chi connectivity index (χ1n) is 4.57. The molecule has 1 heterocycles. The molecule has 15 heavy (non-hydrogen) atoms. The molecule has 1 aromatic carbocycles. The lowest BCUT2D eigenvalue weighted by atomic mass is 10.2. The average Bonchev–Trinajstić information content (AvgIpc) is 2.65. The van der Waals surface area contributed by atoms with Gasteiger partial charge < -0.3 is 10.5 Å². The molecule has 0 saturated heterocycles. The molecule has 2 aromatic rings. The Morgan fingerprint density at radius 1 is 1.40 bits per heavy atom. The molecule has 0 fully saturated rings. The Balaban J connectivity index is 2.23. The van der Waals surface area contributed by atoms with Gasteiger partial charge in [-0.15, -0.1) is 5.10 Å². The maximum atomic E-state index is 5.48. The van der Waals surface area contributed by atoms with Crippen LogP contribution < -0.4 is 10.5 Å². The Hall–Kier alpha value is -2.04. The van der Waals surface area contributed by atoms with Crippen molar-refractivity contribution in [1.29, 1.82) is 0 Å². The van der Waals surface area contributed by atoms with Gasteiger partial charge >= 0.3 is 0 Å². The van der Waals surface area contributed by atoms with Crippen LogP contribution in [0, 0.1) is 0 Å². The van der Waals surface area contributed by atoms with E-state index in [0.29, 0.717) is 12.4 Å². The van der Waals surface area contributed by atoms with Crippen molar-refractivity contribution in [3.63, 3.8) is 0 Å². The number of nitrogens with two attached hydrogens (primary N) is 1. The van der Waals surface area contributed by atoms with E-state index in [4.69, 9.17) is 10.5 Å². The molecule has 1 aromatic heterocycles. The number of ether oxygens (including phenoxy) is 1. The summed E-state index contributed by atoms with van der Waals surface area (Å²) in [5.41, 5.74) is 6.52. The number of nitrogens with zero attached hydrogens (tertiary/aromatic N) is 3. The molecular formula is C10H12N4O. The van der Waals surface area contributed by atoms with Crippen LogP contribution in [0.2, 0.25) is 0 Å². The predicted molar refractivity (Wildman–Crippen MR) is 56.5 cm³/mol. The van der Waals surface area contributed by atoms with Crippen LogP contribution in [0.25, 0.3) is 0 Å². The number of anilines is 1. The standard InChI is InChI=1S/C10H12N4O/c1-15-9-5-3-2-4-8(9)6-14-7-10(11)12-13-14/h2-5,7H,6,11H2,1H3. The Bertz CT molecular complexity index is 452. The molecule has 0 radical (unpaired) electrons. The molecule has 0 aliphatic rings. The first kappa shape index (κ1) is 9.51. The second-order valence-corrected chi connectivity index (χ2v) is 3.15. The summed E-state index contributed by atoms with van der Waals surface area (Å²) in [6.45, 7) is 0.605. The first-order chi connectivity index (χ1) is 7.29. The van der Waals surface area contributed by atoms with E-state index in [1.54, 1.807) is 18.0 Å². The smallest absolute Gasteiger partial charge is 0.165 e.